The molecule has 0 spiro atoms. The van der Waals surface area contributed by atoms with Crippen LogP contribution >= 0.6 is 0 Å². The number of hydrogen-bond acceptors (Lipinski definition) is 2. The van der Waals surface area contributed by atoms with Crippen LogP contribution in [0.4, 0.5) is 0 Å². The van der Waals surface area contributed by atoms with Gasteiger partial charge in [-0.1, -0.05) is 42.5 Å². The van der Waals surface area contributed by atoms with Gasteiger partial charge < -0.3 is 0 Å². The lowest BCUT2D eigenvalue weighted by molar-refractivity contribution is 0.203. The van der Waals surface area contributed by atoms with Crippen LogP contribution in [0.25, 0.3) is 5.57 Å². The molecule has 1 fully saturated rings. The van der Waals surface area contributed by atoms with Crippen LogP contribution in [0.2, 0.25) is 0 Å². The first-order valence-electron chi connectivity index (χ1n) is 8.76. The van der Waals surface area contributed by atoms with E-state index in [0.717, 1.165) is 18.5 Å². The van der Waals surface area contributed by atoms with Crippen LogP contribution in [0.1, 0.15) is 41.5 Å². The van der Waals surface area contributed by atoms with E-state index >= 15 is 0 Å². The number of hydrogen-bond donors (Lipinski definition) is 0. The number of nitrogens with zero attached hydrogens (tertiary/aromatic N) is 2. The van der Waals surface area contributed by atoms with Crippen LogP contribution in [0.5, 0.6) is 0 Å². The molecule has 0 N–H and O–H groups in total. The van der Waals surface area contributed by atoms with Crippen molar-refractivity contribution in [2.24, 2.45) is 0 Å². The molecule has 0 aromatic heterocycles. The molecule has 4 rings (SSSR count). The smallest absolute Gasteiger partial charge is 0.0991 e. The van der Waals surface area contributed by atoms with Crippen LogP contribution in [-0.2, 0) is 6.54 Å². The second-order valence-electron chi connectivity index (χ2n) is 6.99. The van der Waals surface area contributed by atoms with Gasteiger partial charge in [-0.25, -0.2) is 0 Å². The lowest BCUT2D eigenvalue weighted by Crippen LogP contribution is -2.37. The van der Waals surface area contributed by atoms with Crippen molar-refractivity contribution in [1.82, 2.24) is 4.90 Å². The molecular formula is C22H22N2. The van der Waals surface area contributed by atoms with Crippen molar-refractivity contribution in [2.75, 3.05) is 0 Å². The van der Waals surface area contributed by atoms with Crippen molar-refractivity contribution in [2.45, 2.75) is 44.8 Å². The standard InChI is InChI=1S/C22H22N2/c1-16-11-18(14-23)7-10-22(16)19-12-20-8-9-21(13-19)24(20)15-17-5-3-2-4-6-17/h2-7,10-12,20-21H,8-9,13,15H2,1H3. The van der Waals surface area contributed by atoms with Crippen molar-refractivity contribution >= 4 is 5.57 Å². The Balaban J connectivity index is 1.59. The topological polar surface area (TPSA) is 27.0 Å². The first-order chi connectivity index (χ1) is 11.7. The molecule has 2 heterocycles. The van der Waals surface area contributed by atoms with Crippen molar-refractivity contribution in [3.63, 3.8) is 0 Å². The third-order valence-corrected chi connectivity index (χ3v) is 5.45. The minimum Gasteiger partial charge on any atom is -0.289 e. The summed E-state index contributed by atoms with van der Waals surface area (Å²) in [4.78, 5) is 2.66. The molecule has 0 radical (unpaired) electrons. The van der Waals surface area contributed by atoms with Gasteiger partial charge in [0.1, 0.15) is 0 Å². The zero-order chi connectivity index (χ0) is 16.5. The van der Waals surface area contributed by atoms with Gasteiger partial charge in [0.05, 0.1) is 11.6 Å². The molecule has 120 valence electrons. The van der Waals surface area contributed by atoms with Crippen LogP contribution in [-0.4, -0.2) is 17.0 Å². The van der Waals surface area contributed by atoms with Gasteiger partial charge in [0.25, 0.3) is 0 Å². The van der Waals surface area contributed by atoms with Crippen LogP contribution < -0.4 is 0 Å². The molecule has 24 heavy (non-hydrogen) atoms. The fourth-order valence-corrected chi connectivity index (χ4v) is 4.25. The maximum atomic E-state index is 9.06. The number of nitriles is 1. The summed E-state index contributed by atoms with van der Waals surface area (Å²) in [5, 5.41) is 9.06. The molecule has 2 bridgehead atoms. The molecule has 2 aromatic rings. The molecule has 2 heteroatoms. The van der Waals surface area contributed by atoms with Gasteiger partial charge in [-0.3, -0.25) is 4.90 Å². The highest BCUT2D eigenvalue weighted by molar-refractivity contribution is 5.71. The molecule has 1 saturated heterocycles. The van der Waals surface area contributed by atoms with Gasteiger partial charge in [0.15, 0.2) is 0 Å². The summed E-state index contributed by atoms with van der Waals surface area (Å²) in [5.41, 5.74) is 6.16. The van der Waals surface area contributed by atoms with Gasteiger partial charge in [-0.05, 0) is 60.6 Å². The van der Waals surface area contributed by atoms with E-state index in [9.17, 15) is 0 Å². The van der Waals surface area contributed by atoms with Gasteiger partial charge in [0.2, 0.25) is 0 Å². The second-order valence-corrected chi connectivity index (χ2v) is 6.99. The Kier molecular flexibility index (Phi) is 3.96. The van der Waals surface area contributed by atoms with Gasteiger partial charge >= 0.3 is 0 Å². The Morgan fingerprint density at radius 2 is 1.96 bits per heavy atom. The highest BCUT2D eigenvalue weighted by Gasteiger charge is 2.36. The molecule has 0 amide bonds. The van der Waals surface area contributed by atoms with Crippen molar-refractivity contribution < 1.29 is 0 Å². The van der Waals surface area contributed by atoms with Crippen LogP contribution in [0.3, 0.4) is 0 Å². The van der Waals surface area contributed by atoms with Gasteiger partial charge in [-0.15, -0.1) is 0 Å². The second kappa shape index (κ2) is 6.26. The highest BCUT2D eigenvalue weighted by Crippen LogP contribution is 2.40. The lowest BCUT2D eigenvalue weighted by Gasteiger charge is -2.34. The molecule has 2 aliphatic rings. The minimum atomic E-state index is 0.550. The molecule has 2 nitrogen and oxygen atoms in total. The maximum Gasteiger partial charge on any atom is 0.0991 e. The Morgan fingerprint density at radius 1 is 1.12 bits per heavy atom. The molecule has 2 aromatic carbocycles. The van der Waals surface area contributed by atoms with E-state index in [4.69, 9.17) is 5.26 Å². The van der Waals surface area contributed by atoms with E-state index < -0.39 is 0 Å². The summed E-state index contributed by atoms with van der Waals surface area (Å²) in [5.74, 6) is 0. The van der Waals surface area contributed by atoms with E-state index in [1.165, 1.54) is 35.1 Å². The average Bonchev–Trinajstić information content (AvgIpc) is 2.84. The average molecular weight is 314 g/mol. The zero-order valence-corrected chi connectivity index (χ0v) is 14.1. The van der Waals surface area contributed by atoms with Crippen molar-refractivity contribution in [1.29, 1.82) is 5.26 Å². The van der Waals surface area contributed by atoms with Crippen LogP contribution in [0, 0.1) is 18.3 Å². The Bertz CT molecular complexity index is 814. The third-order valence-electron chi connectivity index (χ3n) is 5.45. The van der Waals surface area contributed by atoms with Crippen LogP contribution in [0.15, 0.2) is 54.6 Å². The Hall–Kier alpha value is -2.37. The number of rotatable bonds is 3. The summed E-state index contributed by atoms with van der Waals surface area (Å²) in [6, 6.07) is 20.3. The predicted octanol–water partition coefficient (Wildman–Crippen LogP) is 4.69. The Labute approximate surface area is 144 Å². The van der Waals surface area contributed by atoms with E-state index in [-0.39, 0.29) is 0 Å². The molecule has 2 atom stereocenters. The normalized spacial score (nSPS) is 22.9. The third kappa shape index (κ3) is 2.77. The number of aryl methyl sites for hydroxylation is 1. The summed E-state index contributed by atoms with van der Waals surface area (Å²) in [7, 11) is 0. The van der Waals surface area contributed by atoms with E-state index in [1.807, 2.05) is 12.1 Å². The lowest BCUT2D eigenvalue weighted by atomic mass is 9.91. The summed E-state index contributed by atoms with van der Waals surface area (Å²) in [6.45, 7) is 3.17. The van der Waals surface area contributed by atoms with E-state index in [1.54, 1.807) is 0 Å². The summed E-state index contributed by atoms with van der Waals surface area (Å²) < 4.78 is 0. The van der Waals surface area contributed by atoms with Crippen molar-refractivity contribution in [3.8, 4) is 6.07 Å². The monoisotopic (exact) mass is 314 g/mol. The fraction of sp³-hybridized carbons (Fsp3) is 0.318. The molecule has 2 unspecified atom stereocenters. The van der Waals surface area contributed by atoms with E-state index in [2.05, 4.69) is 60.4 Å². The SMILES string of the molecule is Cc1cc(C#N)ccc1C1=CC2CCC(C1)N2Cc1ccccc1. The Morgan fingerprint density at radius 3 is 2.67 bits per heavy atom. The fourth-order valence-electron chi connectivity index (χ4n) is 4.25. The van der Waals surface area contributed by atoms with Gasteiger partial charge in [-0.2, -0.15) is 5.26 Å². The summed E-state index contributed by atoms with van der Waals surface area (Å²) >= 11 is 0. The largest absolute Gasteiger partial charge is 0.289 e. The first-order valence-corrected chi connectivity index (χ1v) is 8.76. The zero-order valence-electron chi connectivity index (χ0n) is 14.1. The van der Waals surface area contributed by atoms with Gasteiger partial charge in [0, 0.05) is 18.6 Å². The highest BCUT2D eigenvalue weighted by atomic mass is 15.2. The maximum absolute atomic E-state index is 9.06. The summed E-state index contributed by atoms with van der Waals surface area (Å²) in [6.07, 6.45) is 6.14. The predicted molar refractivity (Wildman–Crippen MR) is 97.3 cm³/mol. The molecule has 0 aliphatic carbocycles. The molecule has 0 saturated carbocycles. The number of benzene rings is 2. The quantitative estimate of drug-likeness (QED) is 0.822. The minimum absolute atomic E-state index is 0.550. The number of fused-ring (bicyclic) bond motifs is 2. The first kappa shape index (κ1) is 15.2. The molecule has 2 aliphatic heterocycles. The van der Waals surface area contributed by atoms with Crippen molar-refractivity contribution in [3.05, 3.63) is 76.9 Å². The molecular weight excluding hydrogens is 292 g/mol. The van der Waals surface area contributed by atoms with E-state index in [0.29, 0.717) is 12.1 Å².